The number of carbonyl (C=O) groups is 1. The van der Waals surface area contributed by atoms with Gasteiger partial charge in [-0.1, -0.05) is 48.5 Å². The number of nitrogens with one attached hydrogen (secondary N) is 2. The molecule has 0 aromatic heterocycles. The molecule has 0 atom stereocenters. The van der Waals surface area contributed by atoms with Gasteiger partial charge in [0, 0.05) is 23.7 Å². The number of thiocarbonyl (C=S) groups is 1. The summed E-state index contributed by atoms with van der Waals surface area (Å²) in [7, 11) is 0. The third-order valence-corrected chi connectivity index (χ3v) is 2.82. The van der Waals surface area contributed by atoms with E-state index in [-0.39, 0.29) is 5.91 Å². The van der Waals surface area contributed by atoms with Crippen molar-refractivity contribution in [1.29, 1.82) is 0 Å². The molecule has 2 aromatic rings. The Morgan fingerprint density at radius 1 is 1.14 bits per heavy atom. The third kappa shape index (κ3) is 5.09. The van der Waals surface area contributed by atoms with Crippen molar-refractivity contribution >= 4 is 29.3 Å². The summed E-state index contributed by atoms with van der Waals surface area (Å²) in [5, 5.41) is 5.69. The maximum Gasteiger partial charge on any atom is 0.296 e. The zero-order valence-corrected chi connectivity index (χ0v) is 12.1. The van der Waals surface area contributed by atoms with Gasteiger partial charge in [0.15, 0.2) is 0 Å². The quantitative estimate of drug-likeness (QED) is 0.673. The Bertz CT molecular complexity index is 687. The van der Waals surface area contributed by atoms with Gasteiger partial charge in [0.25, 0.3) is 5.91 Å². The van der Waals surface area contributed by atoms with Crippen LogP contribution in [0, 0.1) is 11.8 Å². The van der Waals surface area contributed by atoms with E-state index in [2.05, 4.69) is 22.5 Å². The fraction of sp³-hybridized carbons (Fsp3) is 0.0588. The zero-order valence-electron chi connectivity index (χ0n) is 11.3. The summed E-state index contributed by atoms with van der Waals surface area (Å²) in [5.41, 5.74) is 4.14. The first-order chi connectivity index (χ1) is 10.3. The van der Waals surface area contributed by atoms with Crippen LogP contribution in [0.1, 0.15) is 11.1 Å². The lowest BCUT2D eigenvalue weighted by atomic mass is 10.2. The van der Waals surface area contributed by atoms with Crippen LogP contribution < -0.4 is 10.6 Å². The summed E-state index contributed by atoms with van der Waals surface area (Å²) in [5.74, 6) is 5.09. The van der Waals surface area contributed by atoms with E-state index in [1.807, 2.05) is 54.6 Å². The molecule has 2 rings (SSSR count). The SMILES string of the molecule is O=C(C#Cc1ccccc1)NCc1cccc(NC=S)c1. The summed E-state index contributed by atoms with van der Waals surface area (Å²) in [6, 6.07) is 17.1. The Morgan fingerprint density at radius 2 is 1.95 bits per heavy atom. The second-order valence-corrected chi connectivity index (χ2v) is 4.50. The Kier molecular flexibility index (Phi) is 5.50. The average molecular weight is 294 g/mol. The molecule has 0 saturated carbocycles. The molecule has 0 radical (unpaired) electrons. The van der Waals surface area contributed by atoms with E-state index in [1.165, 1.54) is 5.49 Å². The van der Waals surface area contributed by atoms with Crippen LogP contribution in [0.15, 0.2) is 54.6 Å². The predicted octanol–water partition coefficient (Wildman–Crippen LogP) is 2.72. The lowest BCUT2D eigenvalue weighted by molar-refractivity contribution is -0.115. The second kappa shape index (κ2) is 7.83. The van der Waals surface area contributed by atoms with Gasteiger partial charge in [-0.05, 0) is 29.8 Å². The number of anilines is 1. The zero-order chi connectivity index (χ0) is 14.9. The van der Waals surface area contributed by atoms with E-state index in [1.54, 1.807) is 0 Å². The van der Waals surface area contributed by atoms with Crippen molar-refractivity contribution in [3.05, 3.63) is 65.7 Å². The third-order valence-electron chi connectivity index (χ3n) is 2.70. The van der Waals surface area contributed by atoms with Gasteiger partial charge >= 0.3 is 0 Å². The van der Waals surface area contributed by atoms with Gasteiger partial charge in [0.2, 0.25) is 0 Å². The van der Waals surface area contributed by atoms with Crippen molar-refractivity contribution < 1.29 is 4.79 Å². The molecule has 4 heteroatoms. The number of amides is 1. The van der Waals surface area contributed by atoms with Crippen LogP contribution in [-0.4, -0.2) is 11.4 Å². The summed E-state index contributed by atoms with van der Waals surface area (Å²) >= 11 is 4.74. The van der Waals surface area contributed by atoms with Crippen LogP contribution in [0.2, 0.25) is 0 Å². The molecule has 0 fully saturated rings. The van der Waals surface area contributed by atoms with E-state index >= 15 is 0 Å². The molecule has 2 aromatic carbocycles. The molecular weight excluding hydrogens is 280 g/mol. The van der Waals surface area contributed by atoms with E-state index in [4.69, 9.17) is 12.2 Å². The van der Waals surface area contributed by atoms with Gasteiger partial charge in [-0.15, -0.1) is 0 Å². The summed E-state index contributed by atoms with van der Waals surface area (Å²) in [6.45, 7) is 0.426. The number of rotatable bonds is 4. The molecule has 0 aliphatic carbocycles. The maximum absolute atomic E-state index is 11.7. The number of hydrogen-bond acceptors (Lipinski definition) is 2. The van der Waals surface area contributed by atoms with Gasteiger partial charge in [-0.3, -0.25) is 4.79 Å². The molecule has 21 heavy (non-hydrogen) atoms. The lowest BCUT2D eigenvalue weighted by Gasteiger charge is -2.04. The summed E-state index contributed by atoms with van der Waals surface area (Å²) in [4.78, 5) is 11.7. The van der Waals surface area contributed by atoms with Crippen molar-refractivity contribution in [1.82, 2.24) is 5.32 Å². The molecule has 1 amide bonds. The van der Waals surface area contributed by atoms with Crippen molar-refractivity contribution in [2.75, 3.05) is 5.32 Å². The van der Waals surface area contributed by atoms with Gasteiger partial charge in [-0.2, -0.15) is 0 Å². The van der Waals surface area contributed by atoms with Crippen LogP contribution in [0.25, 0.3) is 0 Å². The largest absolute Gasteiger partial charge is 0.353 e. The highest BCUT2D eigenvalue weighted by Crippen LogP contribution is 2.09. The Morgan fingerprint density at radius 3 is 2.71 bits per heavy atom. The molecule has 104 valence electrons. The van der Waals surface area contributed by atoms with Crippen LogP contribution in [0.3, 0.4) is 0 Å². The molecule has 0 aliphatic heterocycles. The highest BCUT2D eigenvalue weighted by atomic mass is 32.1. The number of carbonyl (C=O) groups excluding carboxylic acids is 1. The van der Waals surface area contributed by atoms with Crippen molar-refractivity contribution in [3.8, 4) is 11.8 Å². The molecule has 3 nitrogen and oxygen atoms in total. The molecular formula is C17H14N2OS. The minimum absolute atomic E-state index is 0.299. The highest BCUT2D eigenvalue weighted by Gasteiger charge is 1.98. The maximum atomic E-state index is 11.7. The van der Waals surface area contributed by atoms with Crippen molar-refractivity contribution in [2.24, 2.45) is 0 Å². The van der Waals surface area contributed by atoms with Gasteiger partial charge < -0.3 is 10.6 Å². The second-order valence-electron chi connectivity index (χ2n) is 4.26. The average Bonchev–Trinajstić information content (AvgIpc) is 2.53. The Labute approximate surface area is 129 Å². The minimum Gasteiger partial charge on any atom is -0.353 e. The molecule has 0 bridgehead atoms. The van der Waals surface area contributed by atoms with Gasteiger partial charge in [-0.25, -0.2) is 0 Å². The topological polar surface area (TPSA) is 41.1 Å². The van der Waals surface area contributed by atoms with E-state index in [9.17, 15) is 4.79 Å². The minimum atomic E-state index is -0.299. The normalized spacial score (nSPS) is 9.14. The monoisotopic (exact) mass is 294 g/mol. The Hall–Kier alpha value is -2.64. The van der Waals surface area contributed by atoms with Gasteiger partial charge in [0.1, 0.15) is 0 Å². The lowest BCUT2D eigenvalue weighted by Crippen LogP contribution is -2.20. The predicted molar refractivity (Wildman–Crippen MR) is 88.9 cm³/mol. The van der Waals surface area contributed by atoms with Crippen molar-refractivity contribution in [3.63, 3.8) is 0 Å². The molecule has 0 heterocycles. The first-order valence-electron chi connectivity index (χ1n) is 6.42. The van der Waals surface area contributed by atoms with E-state index < -0.39 is 0 Å². The molecule has 0 saturated heterocycles. The van der Waals surface area contributed by atoms with Crippen LogP contribution in [0.4, 0.5) is 5.69 Å². The number of hydrogen-bond donors (Lipinski definition) is 2. The first-order valence-corrected chi connectivity index (χ1v) is 6.89. The fourth-order valence-electron chi connectivity index (χ4n) is 1.72. The molecule has 0 spiro atoms. The van der Waals surface area contributed by atoms with Crippen LogP contribution >= 0.6 is 12.2 Å². The molecule has 0 aliphatic rings. The first kappa shape index (κ1) is 14.8. The highest BCUT2D eigenvalue weighted by molar-refractivity contribution is 7.79. The van der Waals surface area contributed by atoms with Crippen LogP contribution in [0.5, 0.6) is 0 Å². The summed E-state index contributed by atoms with van der Waals surface area (Å²) < 4.78 is 0. The molecule has 2 N–H and O–H groups in total. The summed E-state index contributed by atoms with van der Waals surface area (Å²) in [6.07, 6.45) is 0. The van der Waals surface area contributed by atoms with Crippen LogP contribution in [-0.2, 0) is 11.3 Å². The standard InChI is InChI=1S/C17H14N2OS/c20-17(10-9-14-5-2-1-3-6-14)18-12-15-7-4-8-16(11-15)19-13-21/h1-8,11,13H,12H2,(H,18,20)(H,19,21). The Balaban J connectivity index is 1.91. The van der Waals surface area contributed by atoms with Crippen molar-refractivity contribution in [2.45, 2.75) is 6.54 Å². The van der Waals surface area contributed by atoms with Gasteiger partial charge in [0.05, 0.1) is 5.49 Å². The number of benzene rings is 2. The van der Waals surface area contributed by atoms with E-state index in [0.717, 1.165) is 16.8 Å². The van der Waals surface area contributed by atoms with E-state index in [0.29, 0.717) is 6.54 Å². The smallest absolute Gasteiger partial charge is 0.296 e. The molecule has 0 unspecified atom stereocenters. The fourth-order valence-corrected chi connectivity index (χ4v) is 1.85.